The molecule has 26 heavy (non-hydrogen) atoms. The van der Waals surface area contributed by atoms with E-state index < -0.39 is 0 Å². The van der Waals surface area contributed by atoms with Crippen molar-refractivity contribution in [1.82, 2.24) is 0 Å². The Morgan fingerprint density at radius 2 is 0.769 bits per heavy atom. The number of hydrogen-bond donors (Lipinski definition) is 1. The van der Waals surface area contributed by atoms with Crippen LogP contribution in [0, 0.1) is 0 Å². The first-order valence-corrected chi connectivity index (χ1v) is 8.36. The summed E-state index contributed by atoms with van der Waals surface area (Å²) in [6.07, 6.45) is 0. The summed E-state index contributed by atoms with van der Waals surface area (Å²) in [7, 11) is 0. The average molecular weight is 370 g/mol. The molecule has 0 saturated heterocycles. The van der Waals surface area contributed by atoms with Crippen LogP contribution in [0.4, 0.5) is 0 Å². The summed E-state index contributed by atoms with van der Waals surface area (Å²) in [5.41, 5.74) is 5.94. The van der Waals surface area contributed by atoms with E-state index >= 15 is 0 Å². The van der Waals surface area contributed by atoms with Gasteiger partial charge in [-0.15, -0.1) is 0 Å². The summed E-state index contributed by atoms with van der Waals surface area (Å²) in [5.74, 6) is 0.317. The molecule has 0 radical (unpaired) electrons. The van der Waals surface area contributed by atoms with Gasteiger partial charge in [0, 0.05) is 32.8 Å². The molecule has 4 aromatic carbocycles. The molecule has 0 saturated carbocycles. The van der Waals surface area contributed by atoms with Crippen molar-refractivity contribution in [2.75, 3.05) is 0 Å². The van der Waals surface area contributed by atoms with Gasteiger partial charge in [0.15, 0.2) is 0 Å². The fourth-order valence-electron chi connectivity index (χ4n) is 3.11. The molecule has 1 N–H and O–H groups in total. The largest absolute Gasteiger partial charge is 0.507 e. The van der Waals surface area contributed by atoms with E-state index in [1.165, 1.54) is 0 Å². The van der Waals surface area contributed by atoms with Gasteiger partial charge in [0.05, 0.1) is 0 Å². The van der Waals surface area contributed by atoms with Crippen LogP contribution in [0.25, 0.3) is 33.4 Å². The zero-order chi connectivity index (χ0) is 17.1. The third kappa shape index (κ3) is 3.65. The van der Waals surface area contributed by atoms with Crippen molar-refractivity contribution >= 4 is 0 Å². The van der Waals surface area contributed by atoms with Gasteiger partial charge in [-0.05, 0) is 34.4 Å². The summed E-state index contributed by atoms with van der Waals surface area (Å²) in [6, 6.07) is 34.4. The van der Waals surface area contributed by atoms with E-state index in [0.717, 1.165) is 33.4 Å². The van der Waals surface area contributed by atoms with Crippen molar-refractivity contribution < 1.29 is 26.8 Å². The summed E-state index contributed by atoms with van der Waals surface area (Å²) in [6.45, 7) is 0. The third-order valence-electron chi connectivity index (χ3n) is 4.39. The van der Waals surface area contributed by atoms with Crippen LogP contribution in [-0.2, 0) is 21.7 Å². The minimum Gasteiger partial charge on any atom is -0.507 e. The Morgan fingerprint density at radius 3 is 1.15 bits per heavy atom. The number of aromatic hydroxyl groups is 1. The molecule has 124 valence electrons. The molecule has 2 heteroatoms. The van der Waals surface area contributed by atoms with Gasteiger partial charge in [0.2, 0.25) is 0 Å². The fraction of sp³-hybridized carbons (Fsp3) is 0. The Hall–Kier alpha value is -2.61. The summed E-state index contributed by atoms with van der Waals surface area (Å²) in [5, 5.41) is 11.0. The van der Waals surface area contributed by atoms with Crippen LogP contribution in [-0.4, -0.2) is 5.11 Å². The smallest absolute Gasteiger partial charge is 0.131 e. The van der Waals surface area contributed by atoms with E-state index in [4.69, 9.17) is 0 Å². The first-order chi connectivity index (χ1) is 12.3. The molecular formula is C24H18OTi. The molecule has 0 amide bonds. The Labute approximate surface area is 168 Å². The van der Waals surface area contributed by atoms with Crippen molar-refractivity contribution in [1.29, 1.82) is 0 Å². The van der Waals surface area contributed by atoms with Crippen molar-refractivity contribution in [2.45, 2.75) is 0 Å². The maximum Gasteiger partial charge on any atom is 0.131 e. The Morgan fingerprint density at radius 1 is 0.423 bits per heavy atom. The number of hydrogen-bond acceptors (Lipinski definition) is 1. The minimum atomic E-state index is 0. The average Bonchev–Trinajstić information content (AvgIpc) is 2.70. The van der Waals surface area contributed by atoms with Crippen LogP contribution in [0.3, 0.4) is 0 Å². The van der Waals surface area contributed by atoms with Crippen LogP contribution in [0.15, 0.2) is 103 Å². The third-order valence-corrected chi connectivity index (χ3v) is 4.39. The number of rotatable bonds is 3. The van der Waals surface area contributed by atoms with Gasteiger partial charge in [-0.2, -0.15) is 0 Å². The van der Waals surface area contributed by atoms with Gasteiger partial charge in [-0.3, -0.25) is 0 Å². The Bertz CT molecular complexity index is 920. The van der Waals surface area contributed by atoms with Crippen LogP contribution in [0.2, 0.25) is 0 Å². The van der Waals surface area contributed by atoms with Crippen molar-refractivity contribution in [3.05, 3.63) is 103 Å². The molecule has 0 unspecified atom stereocenters. The maximum absolute atomic E-state index is 11.0. The molecule has 0 aliphatic heterocycles. The molecule has 0 bridgehead atoms. The first-order valence-electron chi connectivity index (χ1n) is 8.36. The summed E-state index contributed by atoms with van der Waals surface area (Å²) < 4.78 is 0. The van der Waals surface area contributed by atoms with Crippen molar-refractivity contribution in [2.24, 2.45) is 0 Å². The molecule has 0 heterocycles. The van der Waals surface area contributed by atoms with E-state index in [2.05, 4.69) is 24.3 Å². The second-order valence-corrected chi connectivity index (χ2v) is 6.02. The van der Waals surface area contributed by atoms with E-state index in [-0.39, 0.29) is 21.7 Å². The molecule has 0 aliphatic carbocycles. The molecule has 4 aromatic rings. The molecule has 0 aliphatic rings. The van der Waals surface area contributed by atoms with Gasteiger partial charge < -0.3 is 5.11 Å². The van der Waals surface area contributed by atoms with Crippen LogP contribution in [0.1, 0.15) is 0 Å². The van der Waals surface area contributed by atoms with Gasteiger partial charge in [0.1, 0.15) is 5.75 Å². The zero-order valence-electron chi connectivity index (χ0n) is 14.3. The quantitative estimate of drug-likeness (QED) is 0.414. The van der Waals surface area contributed by atoms with E-state index in [1.807, 2.05) is 78.9 Å². The Kier molecular flexibility index (Phi) is 5.73. The van der Waals surface area contributed by atoms with E-state index in [0.29, 0.717) is 5.75 Å². The minimum absolute atomic E-state index is 0. The zero-order valence-corrected chi connectivity index (χ0v) is 15.8. The number of phenols is 1. The molecule has 0 aromatic heterocycles. The summed E-state index contributed by atoms with van der Waals surface area (Å²) in [4.78, 5) is 0. The molecule has 1 nitrogen and oxygen atoms in total. The van der Waals surface area contributed by atoms with Gasteiger partial charge in [-0.25, -0.2) is 0 Å². The second kappa shape index (κ2) is 8.18. The normalized spacial score (nSPS) is 10.2. The predicted molar refractivity (Wildman–Crippen MR) is 104 cm³/mol. The van der Waals surface area contributed by atoms with Crippen LogP contribution in [0.5, 0.6) is 5.75 Å². The molecular weight excluding hydrogens is 352 g/mol. The summed E-state index contributed by atoms with van der Waals surface area (Å²) >= 11 is 0. The van der Waals surface area contributed by atoms with Gasteiger partial charge in [0.25, 0.3) is 0 Å². The Balaban J connectivity index is 0.00000196. The van der Waals surface area contributed by atoms with E-state index in [9.17, 15) is 5.11 Å². The van der Waals surface area contributed by atoms with Crippen LogP contribution < -0.4 is 0 Å². The standard InChI is InChI=1S/C24H18O.Ti/c25-24-22(19-12-6-2-7-13-19)16-21(18-10-4-1-5-11-18)17-23(24)20-14-8-3-9-15-20;/h1-17,25H;. The monoisotopic (exact) mass is 370 g/mol. The van der Waals surface area contributed by atoms with Gasteiger partial charge >= 0.3 is 0 Å². The SMILES string of the molecule is Oc1c(-c2ccccc2)cc(-c2ccccc2)cc1-c1ccccc1.[Ti]. The second-order valence-electron chi connectivity index (χ2n) is 6.02. The first kappa shape index (κ1) is 18.2. The van der Waals surface area contributed by atoms with E-state index in [1.54, 1.807) is 0 Å². The van der Waals surface area contributed by atoms with Crippen molar-refractivity contribution in [3.63, 3.8) is 0 Å². The topological polar surface area (TPSA) is 20.2 Å². The molecule has 4 rings (SSSR count). The van der Waals surface area contributed by atoms with Crippen LogP contribution >= 0.6 is 0 Å². The molecule has 0 fully saturated rings. The molecule has 0 spiro atoms. The van der Waals surface area contributed by atoms with Crippen molar-refractivity contribution in [3.8, 4) is 39.1 Å². The fourth-order valence-corrected chi connectivity index (χ4v) is 3.11. The molecule has 0 atom stereocenters. The van der Waals surface area contributed by atoms with Gasteiger partial charge in [-0.1, -0.05) is 91.0 Å². The predicted octanol–water partition coefficient (Wildman–Crippen LogP) is 6.39. The number of benzene rings is 4. The maximum atomic E-state index is 11.0. The number of phenolic OH excluding ortho intramolecular Hbond substituents is 1.